The van der Waals surface area contributed by atoms with Crippen LogP contribution >= 0.6 is 0 Å². The minimum Gasteiger partial charge on any atom is -0.481 e. The molecule has 0 aliphatic heterocycles. The average Bonchev–Trinajstić information content (AvgIpc) is 2.72. The number of carboxylic acids is 1. The van der Waals surface area contributed by atoms with Crippen molar-refractivity contribution in [3.63, 3.8) is 0 Å². The van der Waals surface area contributed by atoms with Crippen molar-refractivity contribution in [3.05, 3.63) is 0 Å². The molecule has 0 aliphatic carbocycles. The van der Waals surface area contributed by atoms with E-state index in [2.05, 4.69) is 13.8 Å². The van der Waals surface area contributed by atoms with Crippen LogP contribution in [0.4, 0.5) is 0 Å². The molecule has 0 heterocycles. The number of carboxylic acid groups (broad SMARTS) is 1. The Bertz CT molecular complexity index is 414. The Morgan fingerprint density at radius 1 is 0.700 bits per heavy atom. The highest BCUT2D eigenvalue weighted by Crippen LogP contribution is 2.18. The van der Waals surface area contributed by atoms with E-state index in [9.17, 15) is 9.59 Å². The molecule has 0 spiro atoms. The van der Waals surface area contributed by atoms with Crippen molar-refractivity contribution >= 4 is 11.9 Å². The molecule has 3 N–H and O–H groups in total. The monoisotopic (exact) mass is 427 g/mol. The molecule has 30 heavy (non-hydrogen) atoms. The van der Waals surface area contributed by atoms with E-state index in [0.29, 0.717) is 0 Å². The number of unbranched alkanes of at least 4 members (excludes halogenated alkanes) is 13. The van der Waals surface area contributed by atoms with Crippen molar-refractivity contribution in [2.75, 3.05) is 0 Å². The second-order valence-corrected chi connectivity index (χ2v) is 8.77. The third-order valence-corrected chi connectivity index (χ3v) is 5.76. The highest BCUT2D eigenvalue weighted by atomic mass is 16.5. The standard InChI is InChI=1S/C25H49NO4/c1-3-5-7-9-11-12-13-15-17-19-22(18-16-14-10-8-6-4-2)30-25(29)23(26)20-21-24(27)28/h22-23H,3-21,26H2,1-2H3,(H,27,28). The summed E-state index contributed by atoms with van der Waals surface area (Å²) in [7, 11) is 0. The van der Waals surface area contributed by atoms with Gasteiger partial charge >= 0.3 is 11.9 Å². The molecule has 178 valence electrons. The second kappa shape index (κ2) is 21.1. The van der Waals surface area contributed by atoms with Gasteiger partial charge < -0.3 is 15.6 Å². The van der Waals surface area contributed by atoms with Gasteiger partial charge in [-0.3, -0.25) is 9.59 Å². The molecule has 0 radical (unpaired) electrons. The lowest BCUT2D eigenvalue weighted by molar-refractivity contribution is -0.151. The molecule has 0 saturated heterocycles. The van der Waals surface area contributed by atoms with Crippen LogP contribution in [0, 0.1) is 0 Å². The first-order valence-electron chi connectivity index (χ1n) is 12.7. The van der Waals surface area contributed by atoms with E-state index < -0.39 is 18.0 Å². The summed E-state index contributed by atoms with van der Waals surface area (Å²) >= 11 is 0. The summed E-state index contributed by atoms with van der Waals surface area (Å²) in [6.45, 7) is 4.46. The topological polar surface area (TPSA) is 89.6 Å². The van der Waals surface area contributed by atoms with Crippen LogP contribution in [0.1, 0.15) is 136 Å². The van der Waals surface area contributed by atoms with Crippen LogP contribution in [0.3, 0.4) is 0 Å². The van der Waals surface area contributed by atoms with Gasteiger partial charge in [0.2, 0.25) is 0 Å². The third kappa shape index (κ3) is 18.9. The largest absolute Gasteiger partial charge is 0.481 e. The van der Waals surface area contributed by atoms with Crippen molar-refractivity contribution in [2.45, 2.75) is 148 Å². The predicted octanol–water partition coefficient (Wildman–Crippen LogP) is 6.76. The van der Waals surface area contributed by atoms with Gasteiger partial charge in [0.25, 0.3) is 0 Å². The van der Waals surface area contributed by atoms with E-state index in [4.69, 9.17) is 15.6 Å². The molecule has 0 aliphatic rings. The van der Waals surface area contributed by atoms with E-state index in [0.717, 1.165) is 25.7 Å². The van der Waals surface area contributed by atoms with E-state index in [1.54, 1.807) is 0 Å². The van der Waals surface area contributed by atoms with Gasteiger partial charge in [0.05, 0.1) is 0 Å². The molecule has 0 aromatic rings. The summed E-state index contributed by atoms with van der Waals surface area (Å²) in [5.74, 6) is -1.38. The van der Waals surface area contributed by atoms with Gasteiger partial charge in [0, 0.05) is 6.42 Å². The Labute approximate surface area is 185 Å². The Balaban J connectivity index is 4.17. The first-order valence-corrected chi connectivity index (χ1v) is 12.7. The summed E-state index contributed by atoms with van der Waals surface area (Å²) in [6, 6.07) is -0.837. The molecule has 5 nitrogen and oxygen atoms in total. The highest BCUT2D eigenvalue weighted by Gasteiger charge is 2.20. The molecule has 2 atom stereocenters. The minimum absolute atomic E-state index is 0.0795. The van der Waals surface area contributed by atoms with Crippen LogP contribution in [-0.2, 0) is 14.3 Å². The Hall–Kier alpha value is -1.10. The first kappa shape index (κ1) is 28.9. The molecule has 0 saturated carbocycles. The van der Waals surface area contributed by atoms with Crippen LogP contribution in [0.25, 0.3) is 0 Å². The smallest absolute Gasteiger partial charge is 0.323 e. The van der Waals surface area contributed by atoms with Crippen LogP contribution < -0.4 is 5.73 Å². The Morgan fingerprint density at radius 3 is 1.50 bits per heavy atom. The van der Waals surface area contributed by atoms with Gasteiger partial charge in [-0.25, -0.2) is 0 Å². The lowest BCUT2D eigenvalue weighted by Gasteiger charge is -2.20. The molecule has 0 aromatic carbocycles. The number of nitrogens with two attached hydrogens (primary N) is 1. The zero-order valence-electron chi connectivity index (χ0n) is 19.8. The maximum atomic E-state index is 12.3. The molecular weight excluding hydrogens is 378 g/mol. The van der Waals surface area contributed by atoms with Crippen molar-refractivity contribution in [3.8, 4) is 0 Å². The molecule has 0 fully saturated rings. The lowest BCUT2D eigenvalue weighted by Crippen LogP contribution is -2.35. The Morgan fingerprint density at radius 2 is 1.10 bits per heavy atom. The molecule has 0 rings (SSSR count). The zero-order valence-corrected chi connectivity index (χ0v) is 19.8. The van der Waals surface area contributed by atoms with E-state index in [-0.39, 0.29) is 18.9 Å². The van der Waals surface area contributed by atoms with E-state index in [1.807, 2.05) is 0 Å². The maximum Gasteiger partial charge on any atom is 0.323 e. The SMILES string of the molecule is CCCCCCCCCCCC(CCCCCCCC)OC(=O)C(N)CCC(=O)O. The van der Waals surface area contributed by atoms with E-state index >= 15 is 0 Å². The fourth-order valence-corrected chi connectivity index (χ4v) is 3.75. The first-order chi connectivity index (χ1) is 14.5. The molecule has 5 heteroatoms. The minimum atomic E-state index is -0.934. The zero-order chi connectivity index (χ0) is 22.5. The van der Waals surface area contributed by atoms with Gasteiger partial charge in [-0.15, -0.1) is 0 Å². The fourth-order valence-electron chi connectivity index (χ4n) is 3.75. The van der Waals surface area contributed by atoms with E-state index in [1.165, 1.54) is 83.5 Å². The number of hydrogen-bond acceptors (Lipinski definition) is 4. The molecule has 2 unspecified atom stereocenters. The number of esters is 1. The molecule has 0 bridgehead atoms. The summed E-state index contributed by atoms with van der Waals surface area (Å²) in [5.41, 5.74) is 5.83. The number of hydrogen-bond donors (Lipinski definition) is 2. The van der Waals surface area contributed by atoms with Gasteiger partial charge in [0.1, 0.15) is 12.1 Å². The van der Waals surface area contributed by atoms with Gasteiger partial charge in [-0.05, 0) is 32.1 Å². The predicted molar refractivity (Wildman–Crippen MR) is 125 cm³/mol. The van der Waals surface area contributed by atoms with Crippen LogP contribution in [0.2, 0.25) is 0 Å². The summed E-state index contributed by atoms with van der Waals surface area (Å²) < 4.78 is 5.69. The van der Waals surface area contributed by atoms with Gasteiger partial charge in [-0.2, -0.15) is 0 Å². The highest BCUT2D eigenvalue weighted by molar-refractivity contribution is 5.76. The van der Waals surface area contributed by atoms with Crippen molar-refractivity contribution in [1.82, 2.24) is 0 Å². The maximum absolute atomic E-state index is 12.3. The quantitative estimate of drug-likeness (QED) is 0.147. The summed E-state index contributed by atoms with van der Waals surface area (Å²) in [4.78, 5) is 23.0. The van der Waals surface area contributed by atoms with Crippen molar-refractivity contribution in [2.24, 2.45) is 5.73 Å². The number of carbonyl (C=O) groups excluding carboxylic acids is 1. The molecule has 0 aromatic heterocycles. The van der Waals surface area contributed by atoms with Crippen molar-refractivity contribution in [1.29, 1.82) is 0 Å². The van der Waals surface area contributed by atoms with Crippen LogP contribution in [-0.4, -0.2) is 29.2 Å². The number of carbonyl (C=O) groups is 2. The van der Waals surface area contributed by atoms with Gasteiger partial charge in [0.15, 0.2) is 0 Å². The lowest BCUT2D eigenvalue weighted by atomic mass is 10.0. The van der Waals surface area contributed by atoms with Gasteiger partial charge in [-0.1, -0.05) is 97.3 Å². The Kier molecular flexibility index (Phi) is 20.4. The number of aliphatic carboxylic acids is 1. The fraction of sp³-hybridized carbons (Fsp3) is 0.920. The second-order valence-electron chi connectivity index (χ2n) is 8.77. The molecule has 0 amide bonds. The number of rotatable bonds is 22. The van der Waals surface area contributed by atoms with Crippen molar-refractivity contribution < 1.29 is 19.4 Å². The average molecular weight is 428 g/mol. The third-order valence-electron chi connectivity index (χ3n) is 5.76. The summed E-state index contributed by atoms with van der Waals surface area (Å²) in [5, 5.41) is 8.77. The summed E-state index contributed by atoms with van der Waals surface area (Å²) in [6.07, 6.45) is 20.5. The van der Waals surface area contributed by atoms with Crippen LogP contribution in [0.5, 0.6) is 0 Å². The normalized spacial score (nSPS) is 13.2. The molecular formula is C25H49NO4. The van der Waals surface area contributed by atoms with Crippen LogP contribution in [0.15, 0.2) is 0 Å². The number of ether oxygens (including phenoxy) is 1.